The highest BCUT2D eigenvalue weighted by Crippen LogP contribution is 2.29. The average molecular weight is 411 g/mol. The normalized spacial score (nSPS) is 13.5. The number of likely N-dealkylation sites (tertiary alicyclic amines) is 1. The Balaban J connectivity index is 1.68. The fraction of sp³-hybridized carbons (Fsp3) is 0.238. The topological polar surface area (TPSA) is 86.8 Å². The molecule has 8 heteroatoms. The fourth-order valence-electron chi connectivity index (χ4n) is 2.78. The second-order valence-electron chi connectivity index (χ2n) is 6.78. The first-order valence-electron chi connectivity index (χ1n) is 9.07. The SMILES string of the molecule is CN(C)C(=O)Sc1ccccc1NC(=O)c1ccc(CN2C(=O)CCC2=O)cc1. The summed E-state index contributed by atoms with van der Waals surface area (Å²) in [6, 6.07) is 13.8. The van der Waals surface area contributed by atoms with Gasteiger partial charge in [-0.1, -0.05) is 24.3 Å². The Hall–Kier alpha value is -3.13. The van der Waals surface area contributed by atoms with Gasteiger partial charge < -0.3 is 10.2 Å². The zero-order chi connectivity index (χ0) is 21.0. The van der Waals surface area contributed by atoms with Crippen molar-refractivity contribution >= 4 is 40.4 Å². The van der Waals surface area contributed by atoms with Crippen molar-refractivity contribution in [1.82, 2.24) is 9.80 Å². The van der Waals surface area contributed by atoms with Gasteiger partial charge >= 0.3 is 0 Å². The summed E-state index contributed by atoms with van der Waals surface area (Å²) >= 11 is 1.04. The maximum atomic E-state index is 12.6. The van der Waals surface area contributed by atoms with E-state index in [2.05, 4.69) is 5.32 Å². The van der Waals surface area contributed by atoms with Crippen molar-refractivity contribution in [2.75, 3.05) is 19.4 Å². The van der Waals surface area contributed by atoms with E-state index in [-0.39, 0.29) is 42.3 Å². The Bertz CT molecular complexity index is 941. The first-order chi connectivity index (χ1) is 13.8. The van der Waals surface area contributed by atoms with E-state index in [0.29, 0.717) is 16.1 Å². The van der Waals surface area contributed by atoms with Crippen LogP contribution in [0.1, 0.15) is 28.8 Å². The molecule has 1 saturated heterocycles. The van der Waals surface area contributed by atoms with E-state index in [1.807, 2.05) is 0 Å². The second kappa shape index (κ2) is 8.91. The van der Waals surface area contributed by atoms with E-state index >= 15 is 0 Å². The van der Waals surface area contributed by atoms with E-state index in [9.17, 15) is 19.2 Å². The quantitative estimate of drug-likeness (QED) is 0.602. The van der Waals surface area contributed by atoms with Crippen LogP contribution < -0.4 is 5.32 Å². The van der Waals surface area contributed by atoms with Gasteiger partial charge in [-0.15, -0.1) is 0 Å². The lowest BCUT2D eigenvalue weighted by Gasteiger charge is -2.14. The number of nitrogens with one attached hydrogen (secondary N) is 1. The molecule has 0 saturated carbocycles. The minimum Gasteiger partial charge on any atom is -0.339 e. The van der Waals surface area contributed by atoms with Gasteiger partial charge in [0.1, 0.15) is 0 Å². The molecular formula is C21H21N3O4S. The Morgan fingerprint density at radius 1 is 1.00 bits per heavy atom. The number of imide groups is 1. The van der Waals surface area contributed by atoms with Crippen molar-refractivity contribution < 1.29 is 19.2 Å². The zero-order valence-electron chi connectivity index (χ0n) is 16.2. The summed E-state index contributed by atoms with van der Waals surface area (Å²) in [6.45, 7) is 0.214. The molecule has 1 fully saturated rings. The Morgan fingerprint density at radius 2 is 1.62 bits per heavy atom. The van der Waals surface area contributed by atoms with Crippen molar-refractivity contribution in [3.8, 4) is 0 Å². The highest BCUT2D eigenvalue weighted by molar-refractivity contribution is 8.13. The number of para-hydroxylation sites is 1. The van der Waals surface area contributed by atoms with E-state index in [4.69, 9.17) is 0 Å². The smallest absolute Gasteiger partial charge is 0.286 e. The molecule has 1 aliphatic rings. The van der Waals surface area contributed by atoms with Gasteiger partial charge in [0.25, 0.3) is 11.1 Å². The Labute approximate surface area is 173 Å². The van der Waals surface area contributed by atoms with Crippen LogP contribution in [0.15, 0.2) is 53.4 Å². The zero-order valence-corrected chi connectivity index (χ0v) is 17.0. The van der Waals surface area contributed by atoms with Crippen LogP contribution in [0.25, 0.3) is 0 Å². The number of amides is 4. The van der Waals surface area contributed by atoms with Gasteiger partial charge in [0.2, 0.25) is 11.8 Å². The van der Waals surface area contributed by atoms with Crippen molar-refractivity contribution in [3.63, 3.8) is 0 Å². The van der Waals surface area contributed by atoms with Crippen LogP contribution in [0.2, 0.25) is 0 Å². The minimum absolute atomic E-state index is 0.137. The summed E-state index contributed by atoms with van der Waals surface area (Å²) in [5.41, 5.74) is 1.76. The van der Waals surface area contributed by atoms with Crippen molar-refractivity contribution in [1.29, 1.82) is 0 Å². The summed E-state index contributed by atoms with van der Waals surface area (Å²) < 4.78 is 0. The molecule has 7 nitrogen and oxygen atoms in total. The molecule has 0 spiro atoms. The van der Waals surface area contributed by atoms with Crippen LogP contribution in [0, 0.1) is 0 Å². The molecule has 0 aliphatic carbocycles. The van der Waals surface area contributed by atoms with Crippen molar-refractivity contribution in [2.45, 2.75) is 24.3 Å². The van der Waals surface area contributed by atoms with Crippen molar-refractivity contribution in [2.24, 2.45) is 0 Å². The van der Waals surface area contributed by atoms with E-state index in [1.165, 1.54) is 9.80 Å². The lowest BCUT2D eigenvalue weighted by atomic mass is 10.1. The number of carbonyl (C=O) groups is 4. The number of carbonyl (C=O) groups excluding carboxylic acids is 4. The Morgan fingerprint density at radius 3 is 2.24 bits per heavy atom. The molecule has 3 rings (SSSR count). The van der Waals surface area contributed by atoms with Gasteiger partial charge in [-0.2, -0.15) is 0 Å². The lowest BCUT2D eigenvalue weighted by Crippen LogP contribution is -2.28. The molecule has 29 heavy (non-hydrogen) atoms. The third-order valence-electron chi connectivity index (χ3n) is 4.41. The molecule has 1 heterocycles. The molecular weight excluding hydrogens is 390 g/mol. The van der Waals surface area contributed by atoms with Crippen molar-refractivity contribution in [3.05, 3.63) is 59.7 Å². The summed E-state index contributed by atoms with van der Waals surface area (Å²) in [5.74, 6) is -0.647. The van der Waals surface area contributed by atoms with Gasteiger partial charge in [0, 0.05) is 37.4 Å². The number of rotatable bonds is 5. The number of benzene rings is 2. The fourth-order valence-corrected chi connectivity index (χ4v) is 3.53. The molecule has 2 aromatic carbocycles. The molecule has 2 aromatic rings. The number of anilines is 1. The molecule has 1 aliphatic heterocycles. The molecule has 0 aromatic heterocycles. The van der Waals surface area contributed by atoms with Crippen LogP contribution in [-0.4, -0.2) is 46.9 Å². The second-order valence-corrected chi connectivity index (χ2v) is 7.78. The molecule has 4 amide bonds. The van der Waals surface area contributed by atoms with Gasteiger partial charge in [-0.25, -0.2) is 0 Å². The van der Waals surface area contributed by atoms with E-state index in [1.54, 1.807) is 62.6 Å². The molecule has 1 N–H and O–H groups in total. The minimum atomic E-state index is -0.310. The van der Waals surface area contributed by atoms with Crippen LogP contribution in [0.5, 0.6) is 0 Å². The summed E-state index contributed by atoms with van der Waals surface area (Å²) in [5, 5.41) is 2.69. The number of nitrogens with zero attached hydrogens (tertiary/aromatic N) is 2. The molecule has 0 atom stereocenters. The lowest BCUT2D eigenvalue weighted by molar-refractivity contribution is -0.139. The number of thioether (sulfide) groups is 1. The molecule has 0 unspecified atom stereocenters. The van der Waals surface area contributed by atoms with Gasteiger partial charge in [-0.05, 0) is 41.6 Å². The average Bonchev–Trinajstić information content (AvgIpc) is 3.02. The summed E-state index contributed by atoms with van der Waals surface area (Å²) in [6.07, 6.45) is 0.514. The number of hydrogen-bond donors (Lipinski definition) is 1. The highest BCUT2D eigenvalue weighted by Gasteiger charge is 2.28. The first kappa shape index (κ1) is 20.6. The maximum Gasteiger partial charge on any atom is 0.286 e. The standard InChI is InChI=1S/C21H21N3O4S/c1-23(2)21(28)29-17-6-4-3-5-16(17)22-20(27)15-9-7-14(8-10-15)13-24-18(25)11-12-19(24)26/h3-10H,11-13H2,1-2H3,(H,22,27). The van der Waals surface area contributed by atoms with Gasteiger partial charge in [-0.3, -0.25) is 24.1 Å². The van der Waals surface area contributed by atoms with Crippen LogP contribution in [0.4, 0.5) is 10.5 Å². The van der Waals surface area contributed by atoms with Crippen LogP contribution >= 0.6 is 11.8 Å². The number of hydrogen-bond acceptors (Lipinski definition) is 5. The van der Waals surface area contributed by atoms with Gasteiger partial charge in [0.15, 0.2) is 0 Å². The monoisotopic (exact) mass is 411 g/mol. The van der Waals surface area contributed by atoms with Crippen LogP contribution in [0.3, 0.4) is 0 Å². The Kier molecular flexibility index (Phi) is 6.33. The van der Waals surface area contributed by atoms with E-state index in [0.717, 1.165) is 17.3 Å². The summed E-state index contributed by atoms with van der Waals surface area (Å²) in [4.78, 5) is 51.4. The molecule has 0 radical (unpaired) electrons. The maximum absolute atomic E-state index is 12.6. The molecule has 0 bridgehead atoms. The van der Waals surface area contributed by atoms with E-state index < -0.39 is 0 Å². The van der Waals surface area contributed by atoms with Crippen LogP contribution in [-0.2, 0) is 16.1 Å². The molecule has 150 valence electrons. The highest BCUT2D eigenvalue weighted by atomic mass is 32.2. The first-order valence-corrected chi connectivity index (χ1v) is 9.88. The third kappa shape index (κ3) is 5.03. The predicted octanol–water partition coefficient (Wildman–Crippen LogP) is 3.36. The largest absolute Gasteiger partial charge is 0.339 e. The van der Waals surface area contributed by atoms with Gasteiger partial charge in [0.05, 0.1) is 12.2 Å². The summed E-state index contributed by atoms with van der Waals surface area (Å²) in [7, 11) is 3.34. The predicted molar refractivity (Wildman–Crippen MR) is 111 cm³/mol. The third-order valence-corrected chi connectivity index (χ3v) is 5.53.